The zero-order chi connectivity index (χ0) is 18.3. The molecule has 0 spiro atoms. The highest BCUT2D eigenvalue weighted by Gasteiger charge is 2.26. The number of nitrogens with zero attached hydrogens (tertiary/aromatic N) is 3. The van der Waals surface area contributed by atoms with Crippen LogP contribution in [-0.4, -0.2) is 35.0 Å². The van der Waals surface area contributed by atoms with E-state index >= 15 is 0 Å². The Bertz CT molecular complexity index is 680. The number of benzene rings is 1. The number of hydrogen-bond donors (Lipinski definition) is 2. The van der Waals surface area contributed by atoms with E-state index in [1.807, 2.05) is 50.4 Å². The van der Waals surface area contributed by atoms with Crippen LogP contribution in [-0.2, 0) is 0 Å². The van der Waals surface area contributed by atoms with E-state index in [4.69, 9.17) is 0 Å². The molecule has 2 N–H and O–H groups in total. The molecule has 0 aliphatic heterocycles. The molecule has 0 radical (unpaired) electrons. The van der Waals surface area contributed by atoms with Gasteiger partial charge in [-0.15, -0.1) is 0 Å². The Hall–Kier alpha value is -2.51. The van der Waals surface area contributed by atoms with E-state index in [0.29, 0.717) is 12.5 Å². The molecule has 1 aromatic carbocycles. The summed E-state index contributed by atoms with van der Waals surface area (Å²) >= 11 is 0. The van der Waals surface area contributed by atoms with Crippen molar-refractivity contribution in [2.45, 2.75) is 32.5 Å². The fourth-order valence-corrected chi connectivity index (χ4v) is 2.26. The third kappa shape index (κ3) is 6.13. The Balaban J connectivity index is 2.06. The Morgan fingerprint density at radius 2 is 2.12 bits per heavy atom. The molecule has 2 rings (SSSR count). The third-order valence-corrected chi connectivity index (χ3v) is 3.50. The second-order valence-corrected chi connectivity index (χ2v) is 5.54. The van der Waals surface area contributed by atoms with Crippen molar-refractivity contribution in [1.29, 1.82) is 0 Å². The second kappa shape index (κ2) is 8.55. The van der Waals surface area contributed by atoms with Gasteiger partial charge < -0.3 is 10.6 Å². The minimum absolute atomic E-state index is 0.126. The number of guanidine groups is 1. The van der Waals surface area contributed by atoms with Crippen molar-refractivity contribution in [2.75, 3.05) is 13.1 Å². The van der Waals surface area contributed by atoms with Gasteiger partial charge in [-0.3, -0.25) is 4.99 Å². The predicted molar refractivity (Wildman–Crippen MR) is 91.8 cm³/mol. The van der Waals surface area contributed by atoms with Crippen LogP contribution in [0.4, 0.5) is 13.2 Å². The van der Waals surface area contributed by atoms with Gasteiger partial charge in [-0.25, -0.2) is 4.68 Å². The van der Waals surface area contributed by atoms with Crippen LogP contribution < -0.4 is 10.6 Å². The first kappa shape index (κ1) is 18.8. The van der Waals surface area contributed by atoms with Crippen molar-refractivity contribution in [3.8, 4) is 5.69 Å². The molecule has 25 heavy (non-hydrogen) atoms. The lowest BCUT2D eigenvalue weighted by Crippen LogP contribution is -2.39. The first-order valence-corrected chi connectivity index (χ1v) is 8.10. The quantitative estimate of drug-likeness (QED) is 0.618. The summed E-state index contributed by atoms with van der Waals surface area (Å²) in [5, 5.41) is 10.3. The molecule has 0 fully saturated rings. The zero-order valence-electron chi connectivity index (χ0n) is 14.2. The van der Waals surface area contributed by atoms with E-state index < -0.39 is 12.6 Å². The largest absolute Gasteiger partial charge is 0.390 e. The lowest BCUT2D eigenvalue weighted by molar-refractivity contribution is -0.132. The van der Waals surface area contributed by atoms with Crippen LogP contribution in [0.3, 0.4) is 0 Å². The van der Waals surface area contributed by atoms with Crippen molar-refractivity contribution in [2.24, 2.45) is 4.99 Å². The smallest absolute Gasteiger partial charge is 0.357 e. The maximum atomic E-state index is 12.3. The summed E-state index contributed by atoms with van der Waals surface area (Å²) in [5.41, 5.74) is 1.89. The maximum absolute atomic E-state index is 12.3. The first-order valence-electron chi connectivity index (χ1n) is 8.10. The maximum Gasteiger partial charge on any atom is 0.390 e. The Morgan fingerprint density at radius 3 is 2.76 bits per heavy atom. The van der Waals surface area contributed by atoms with Crippen LogP contribution in [0, 0.1) is 0 Å². The Kier molecular flexibility index (Phi) is 6.44. The molecule has 1 atom stereocenters. The van der Waals surface area contributed by atoms with Gasteiger partial charge in [-0.2, -0.15) is 18.3 Å². The minimum atomic E-state index is -4.20. The monoisotopic (exact) mass is 353 g/mol. The second-order valence-electron chi connectivity index (χ2n) is 5.54. The Labute approximate surface area is 145 Å². The molecule has 0 saturated heterocycles. The van der Waals surface area contributed by atoms with E-state index in [0.717, 1.165) is 11.3 Å². The lowest BCUT2D eigenvalue weighted by atomic mass is 10.1. The highest BCUT2D eigenvalue weighted by atomic mass is 19.4. The SMILES string of the molecule is CCNC(=NCCC(F)(F)F)NC(C)c1cccc(-n2cccn2)c1. The number of alkyl halides is 3. The molecule has 136 valence electrons. The van der Waals surface area contributed by atoms with Gasteiger partial charge in [-0.05, 0) is 37.6 Å². The molecule has 1 heterocycles. The van der Waals surface area contributed by atoms with Crippen molar-refractivity contribution >= 4 is 5.96 Å². The van der Waals surface area contributed by atoms with Gasteiger partial charge in [0.05, 0.1) is 24.7 Å². The topological polar surface area (TPSA) is 54.2 Å². The summed E-state index contributed by atoms with van der Waals surface area (Å²) in [4.78, 5) is 3.99. The fourth-order valence-electron chi connectivity index (χ4n) is 2.26. The van der Waals surface area contributed by atoms with E-state index in [-0.39, 0.29) is 12.6 Å². The molecule has 8 heteroatoms. The third-order valence-electron chi connectivity index (χ3n) is 3.50. The van der Waals surface area contributed by atoms with Crippen molar-refractivity contribution in [3.05, 3.63) is 48.3 Å². The number of aliphatic imine (C=N–C) groups is 1. The number of aromatic nitrogens is 2. The zero-order valence-corrected chi connectivity index (χ0v) is 14.2. The van der Waals surface area contributed by atoms with E-state index in [9.17, 15) is 13.2 Å². The van der Waals surface area contributed by atoms with E-state index in [2.05, 4.69) is 20.7 Å². The van der Waals surface area contributed by atoms with Crippen LogP contribution in [0.15, 0.2) is 47.7 Å². The van der Waals surface area contributed by atoms with Gasteiger partial charge in [-0.1, -0.05) is 12.1 Å². The van der Waals surface area contributed by atoms with E-state index in [1.165, 1.54) is 0 Å². The summed E-state index contributed by atoms with van der Waals surface area (Å²) in [5.74, 6) is 0.365. The van der Waals surface area contributed by atoms with E-state index in [1.54, 1.807) is 10.9 Å². The molecular weight excluding hydrogens is 331 g/mol. The number of halogens is 3. The predicted octanol–water partition coefficient (Wildman–Crippen LogP) is 3.44. The summed E-state index contributed by atoms with van der Waals surface area (Å²) in [7, 11) is 0. The summed E-state index contributed by atoms with van der Waals surface area (Å²) in [6, 6.07) is 9.49. The molecule has 1 aromatic heterocycles. The first-order chi connectivity index (χ1) is 11.9. The van der Waals surface area contributed by atoms with Crippen molar-refractivity contribution in [3.63, 3.8) is 0 Å². The number of rotatable bonds is 6. The average molecular weight is 353 g/mol. The van der Waals surface area contributed by atoms with Crippen molar-refractivity contribution in [1.82, 2.24) is 20.4 Å². The minimum Gasteiger partial charge on any atom is -0.357 e. The number of hydrogen-bond acceptors (Lipinski definition) is 2. The van der Waals surface area contributed by atoms with Gasteiger partial charge in [0.25, 0.3) is 0 Å². The standard InChI is InChI=1S/C17H22F3N5/c1-3-21-16(22-10-8-17(18,19)20)24-13(2)14-6-4-7-15(12-14)25-11-5-9-23-25/h4-7,9,11-13H,3,8,10H2,1-2H3,(H2,21,22,24). The molecule has 0 amide bonds. The molecule has 0 bridgehead atoms. The van der Waals surface area contributed by atoms with Gasteiger partial charge in [0, 0.05) is 18.9 Å². The van der Waals surface area contributed by atoms with Gasteiger partial charge >= 0.3 is 6.18 Å². The van der Waals surface area contributed by atoms with Crippen LogP contribution in [0.1, 0.15) is 31.9 Å². The van der Waals surface area contributed by atoms with Gasteiger partial charge in [0.1, 0.15) is 0 Å². The summed E-state index contributed by atoms with van der Waals surface area (Å²) < 4.78 is 38.6. The Morgan fingerprint density at radius 1 is 1.32 bits per heavy atom. The molecule has 2 aromatic rings. The average Bonchev–Trinajstić information content (AvgIpc) is 3.08. The normalized spacial score (nSPS) is 13.6. The van der Waals surface area contributed by atoms with Gasteiger partial charge in [0.2, 0.25) is 0 Å². The van der Waals surface area contributed by atoms with Crippen LogP contribution in [0.5, 0.6) is 0 Å². The molecule has 0 aliphatic rings. The fraction of sp³-hybridized carbons (Fsp3) is 0.412. The summed E-state index contributed by atoms with van der Waals surface area (Å²) in [6.07, 6.45) is -1.60. The lowest BCUT2D eigenvalue weighted by Gasteiger charge is -2.19. The van der Waals surface area contributed by atoms with Crippen molar-refractivity contribution < 1.29 is 13.2 Å². The molecule has 5 nitrogen and oxygen atoms in total. The van der Waals surface area contributed by atoms with Crippen LogP contribution in [0.25, 0.3) is 5.69 Å². The molecule has 0 saturated carbocycles. The molecular formula is C17H22F3N5. The van der Waals surface area contributed by atoms with Crippen LogP contribution in [0.2, 0.25) is 0 Å². The molecule has 0 aliphatic carbocycles. The highest BCUT2D eigenvalue weighted by molar-refractivity contribution is 5.80. The summed E-state index contributed by atoms with van der Waals surface area (Å²) in [6.45, 7) is 4.06. The van der Waals surface area contributed by atoms with Gasteiger partial charge in [0.15, 0.2) is 5.96 Å². The number of nitrogens with one attached hydrogen (secondary N) is 2. The molecule has 1 unspecified atom stereocenters. The highest BCUT2D eigenvalue weighted by Crippen LogP contribution is 2.19. The van der Waals surface area contributed by atoms with Crippen LogP contribution >= 0.6 is 0 Å².